The summed E-state index contributed by atoms with van der Waals surface area (Å²) in [5, 5.41) is 4.02. The number of halogens is 1. The Morgan fingerprint density at radius 3 is 2.62 bits per heavy atom. The maximum absolute atomic E-state index is 12.7. The van der Waals surface area contributed by atoms with Gasteiger partial charge in [-0.25, -0.2) is 4.98 Å². The monoisotopic (exact) mass is 363 g/mol. The molecule has 6 heteroatoms. The van der Waals surface area contributed by atoms with E-state index in [1.807, 2.05) is 18.2 Å². The molecule has 4 rings (SSSR count). The number of benzene rings is 2. The fourth-order valence-corrected chi connectivity index (χ4v) is 2.96. The summed E-state index contributed by atoms with van der Waals surface area (Å²) in [5.74, 6) is -0.291. The molecule has 0 atom stereocenters. The van der Waals surface area contributed by atoms with Crippen molar-refractivity contribution in [3.8, 4) is 0 Å². The molecular weight excluding hydrogens is 350 g/mol. The number of amides is 1. The van der Waals surface area contributed by atoms with E-state index in [1.54, 1.807) is 48.7 Å². The molecule has 5 nitrogen and oxygen atoms in total. The fraction of sp³-hybridized carbons (Fsp3) is 0.0500. The summed E-state index contributed by atoms with van der Waals surface area (Å²) < 4.78 is 1.40. The molecule has 0 aliphatic rings. The van der Waals surface area contributed by atoms with E-state index in [0.29, 0.717) is 33.7 Å². The van der Waals surface area contributed by atoms with E-state index in [4.69, 9.17) is 11.6 Å². The molecule has 2 aromatic carbocycles. The molecular formula is C20H14ClN3O2. The Hall–Kier alpha value is -3.18. The quantitative estimate of drug-likeness (QED) is 0.567. The van der Waals surface area contributed by atoms with Crippen LogP contribution in [0.25, 0.3) is 16.6 Å². The van der Waals surface area contributed by atoms with Crippen molar-refractivity contribution in [1.29, 1.82) is 0 Å². The summed E-state index contributed by atoms with van der Waals surface area (Å²) in [6.07, 6.45) is 1.62. The summed E-state index contributed by atoms with van der Waals surface area (Å²) in [6, 6.07) is 17.7. The minimum atomic E-state index is -0.291. The van der Waals surface area contributed by atoms with Gasteiger partial charge in [-0.2, -0.15) is 0 Å². The molecule has 0 radical (unpaired) electrons. The highest BCUT2D eigenvalue weighted by Gasteiger charge is 2.14. The number of carbonyl (C=O) groups is 1. The Labute approximate surface area is 153 Å². The van der Waals surface area contributed by atoms with Crippen LogP contribution in [0, 0.1) is 0 Å². The molecule has 128 valence electrons. The van der Waals surface area contributed by atoms with Crippen LogP contribution >= 0.6 is 11.6 Å². The summed E-state index contributed by atoms with van der Waals surface area (Å²) >= 11 is 5.87. The highest BCUT2D eigenvalue weighted by molar-refractivity contribution is 6.30. The van der Waals surface area contributed by atoms with E-state index in [1.165, 1.54) is 4.40 Å². The molecule has 2 heterocycles. The number of pyridine rings is 1. The fourth-order valence-electron chi connectivity index (χ4n) is 2.83. The standard InChI is InChI=1S/C20H14ClN3O2/c21-14-9-7-13(8-10-14)12-22-19(25)16-5-3-11-24-18(16)23-17-6-2-1-4-15(17)20(24)26/h1-11H,12H2,(H,22,25). The normalized spacial score (nSPS) is 11.0. The number of nitrogens with one attached hydrogen (secondary N) is 1. The lowest BCUT2D eigenvalue weighted by Crippen LogP contribution is -2.25. The van der Waals surface area contributed by atoms with Crippen LogP contribution in [-0.2, 0) is 6.54 Å². The third-order valence-electron chi connectivity index (χ3n) is 4.16. The highest BCUT2D eigenvalue weighted by Crippen LogP contribution is 2.13. The molecule has 0 saturated heterocycles. The van der Waals surface area contributed by atoms with Gasteiger partial charge >= 0.3 is 0 Å². The van der Waals surface area contributed by atoms with Crippen LogP contribution < -0.4 is 10.9 Å². The summed E-state index contributed by atoms with van der Waals surface area (Å²) in [4.78, 5) is 29.8. The van der Waals surface area contributed by atoms with Crippen molar-refractivity contribution in [2.75, 3.05) is 0 Å². The third kappa shape index (κ3) is 2.93. The zero-order chi connectivity index (χ0) is 18.1. The van der Waals surface area contributed by atoms with Gasteiger partial charge in [0, 0.05) is 17.8 Å². The zero-order valence-electron chi connectivity index (χ0n) is 13.6. The molecule has 0 aliphatic carbocycles. The van der Waals surface area contributed by atoms with Crippen molar-refractivity contribution in [1.82, 2.24) is 14.7 Å². The lowest BCUT2D eigenvalue weighted by atomic mass is 10.2. The molecule has 0 bridgehead atoms. The molecule has 0 fully saturated rings. The van der Waals surface area contributed by atoms with Crippen molar-refractivity contribution in [2.45, 2.75) is 6.54 Å². The smallest absolute Gasteiger partial charge is 0.265 e. The van der Waals surface area contributed by atoms with Crippen LogP contribution in [0.2, 0.25) is 5.02 Å². The van der Waals surface area contributed by atoms with E-state index in [2.05, 4.69) is 10.3 Å². The van der Waals surface area contributed by atoms with Crippen LogP contribution in [0.3, 0.4) is 0 Å². The van der Waals surface area contributed by atoms with E-state index >= 15 is 0 Å². The van der Waals surface area contributed by atoms with Gasteiger partial charge in [0.25, 0.3) is 11.5 Å². The Morgan fingerprint density at radius 1 is 1.04 bits per heavy atom. The molecule has 0 unspecified atom stereocenters. The number of carbonyl (C=O) groups excluding carboxylic acids is 1. The average molecular weight is 364 g/mol. The van der Waals surface area contributed by atoms with Gasteiger partial charge in [0.2, 0.25) is 0 Å². The van der Waals surface area contributed by atoms with E-state index in [-0.39, 0.29) is 11.5 Å². The molecule has 1 amide bonds. The van der Waals surface area contributed by atoms with Crippen LogP contribution in [-0.4, -0.2) is 15.3 Å². The Balaban J connectivity index is 1.72. The summed E-state index contributed by atoms with van der Waals surface area (Å²) in [6.45, 7) is 0.356. The van der Waals surface area contributed by atoms with Crippen LogP contribution in [0.15, 0.2) is 71.7 Å². The largest absolute Gasteiger partial charge is 0.348 e. The van der Waals surface area contributed by atoms with Gasteiger partial charge in [-0.1, -0.05) is 35.9 Å². The first-order valence-corrected chi connectivity index (χ1v) is 8.44. The Bertz CT molecular complexity index is 1180. The minimum Gasteiger partial charge on any atom is -0.348 e. The first-order chi connectivity index (χ1) is 12.6. The van der Waals surface area contributed by atoms with Gasteiger partial charge in [0.1, 0.15) is 0 Å². The summed E-state index contributed by atoms with van der Waals surface area (Å²) in [5.41, 5.74) is 1.99. The number of fused-ring (bicyclic) bond motifs is 2. The Kier molecular flexibility index (Phi) is 4.14. The molecule has 4 aromatic rings. The lowest BCUT2D eigenvalue weighted by Gasteiger charge is -2.09. The number of para-hydroxylation sites is 1. The van der Waals surface area contributed by atoms with Gasteiger partial charge in [0.15, 0.2) is 5.65 Å². The number of hydrogen-bond donors (Lipinski definition) is 1. The van der Waals surface area contributed by atoms with Crippen molar-refractivity contribution in [3.63, 3.8) is 0 Å². The van der Waals surface area contributed by atoms with E-state index in [9.17, 15) is 9.59 Å². The first-order valence-electron chi connectivity index (χ1n) is 8.06. The summed E-state index contributed by atoms with van der Waals surface area (Å²) in [7, 11) is 0. The second kappa shape index (κ2) is 6.61. The second-order valence-electron chi connectivity index (χ2n) is 5.86. The van der Waals surface area contributed by atoms with Crippen LogP contribution in [0.5, 0.6) is 0 Å². The third-order valence-corrected chi connectivity index (χ3v) is 4.41. The zero-order valence-corrected chi connectivity index (χ0v) is 14.4. The first kappa shape index (κ1) is 16.3. The van der Waals surface area contributed by atoms with Crippen molar-refractivity contribution >= 4 is 34.1 Å². The lowest BCUT2D eigenvalue weighted by molar-refractivity contribution is 0.0952. The van der Waals surface area contributed by atoms with Gasteiger partial charge in [-0.3, -0.25) is 14.0 Å². The second-order valence-corrected chi connectivity index (χ2v) is 6.30. The van der Waals surface area contributed by atoms with E-state index in [0.717, 1.165) is 5.56 Å². The number of nitrogens with zero attached hydrogens (tertiary/aromatic N) is 2. The van der Waals surface area contributed by atoms with E-state index < -0.39 is 0 Å². The molecule has 0 aliphatic heterocycles. The highest BCUT2D eigenvalue weighted by atomic mass is 35.5. The average Bonchev–Trinajstić information content (AvgIpc) is 2.67. The predicted molar refractivity (Wildman–Crippen MR) is 102 cm³/mol. The number of aromatic nitrogens is 2. The Morgan fingerprint density at radius 2 is 1.81 bits per heavy atom. The van der Waals surface area contributed by atoms with Crippen molar-refractivity contribution in [3.05, 3.63) is 93.4 Å². The number of rotatable bonds is 3. The molecule has 2 aromatic heterocycles. The molecule has 1 N–H and O–H groups in total. The number of hydrogen-bond acceptors (Lipinski definition) is 3. The van der Waals surface area contributed by atoms with Gasteiger partial charge in [0.05, 0.1) is 16.5 Å². The van der Waals surface area contributed by atoms with Crippen LogP contribution in [0.1, 0.15) is 15.9 Å². The molecule has 0 saturated carbocycles. The van der Waals surface area contributed by atoms with Gasteiger partial charge < -0.3 is 5.32 Å². The molecule has 26 heavy (non-hydrogen) atoms. The maximum Gasteiger partial charge on any atom is 0.265 e. The SMILES string of the molecule is O=C(NCc1ccc(Cl)cc1)c1cccn2c(=O)c3ccccc3nc12. The topological polar surface area (TPSA) is 63.5 Å². The molecule has 0 spiro atoms. The maximum atomic E-state index is 12.7. The van der Waals surface area contributed by atoms with Gasteiger partial charge in [-0.15, -0.1) is 0 Å². The van der Waals surface area contributed by atoms with Crippen molar-refractivity contribution < 1.29 is 4.79 Å². The van der Waals surface area contributed by atoms with Gasteiger partial charge in [-0.05, 0) is 42.0 Å². The van der Waals surface area contributed by atoms with Crippen molar-refractivity contribution in [2.24, 2.45) is 0 Å². The van der Waals surface area contributed by atoms with Crippen LogP contribution in [0.4, 0.5) is 0 Å². The minimum absolute atomic E-state index is 0.196. The predicted octanol–water partition coefficient (Wildman–Crippen LogP) is 3.43.